The summed E-state index contributed by atoms with van der Waals surface area (Å²) in [6.45, 7) is 9.93. The highest BCUT2D eigenvalue weighted by Crippen LogP contribution is 2.23. The monoisotopic (exact) mass is 339 g/mol. The largest absolute Gasteiger partial charge is 0.391 e. The zero-order valence-electron chi connectivity index (χ0n) is 14.3. The minimum atomic E-state index is -0.444. The molecule has 0 aromatic carbocycles. The zero-order valence-corrected chi connectivity index (χ0v) is 15.0. The number of nitrogens with zero attached hydrogens (tertiary/aromatic N) is 3. The predicted molar refractivity (Wildman–Crippen MR) is 92.2 cm³/mol. The van der Waals surface area contributed by atoms with Crippen molar-refractivity contribution >= 4 is 23.6 Å². The van der Waals surface area contributed by atoms with Gasteiger partial charge in [-0.05, 0) is 31.3 Å². The van der Waals surface area contributed by atoms with Crippen LogP contribution in [0.15, 0.2) is 6.08 Å². The molecule has 0 bridgehead atoms. The number of hydrogen-bond acceptors (Lipinski definition) is 3. The molecule has 2 heterocycles. The molecule has 1 aromatic rings. The molecule has 1 aliphatic rings. The van der Waals surface area contributed by atoms with Gasteiger partial charge in [-0.25, -0.2) is 0 Å². The first kappa shape index (κ1) is 18.0. The maximum Gasteiger partial charge on any atom is 0.246 e. The van der Waals surface area contributed by atoms with Crippen LogP contribution in [0.4, 0.5) is 0 Å². The van der Waals surface area contributed by atoms with E-state index in [2.05, 4.69) is 18.9 Å². The fourth-order valence-electron chi connectivity index (χ4n) is 2.73. The molecule has 23 heavy (non-hydrogen) atoms. The van der Waals surface area contributed by atoms with Crippen LogP contribution in [-0.4, -0.2) is 44.9 Å². The smallest absolute Gasteiger partial charge is 0.246 e. The van der Waals surface area contributed by atoms with Gasteiger partial charge in [0.15, 0.2) is 0 Å². The van der Waals surface area contributed by atoms with Gasteiger partial charge < -0.3 is 10.0 Å². The van der Waals surface area contributed by atoms with Gasteiger partial charge >= 0.3 is 0 Å². The summed E-state index contributed by atoms with van der Waals surface area (Å²) in [5, 5.41) is 14.9. The number of rotatable bonds is 4. The lowest BCUT2D eigenvalue weighted by Crippen LogP contribution is -2.45. The van der Waals surface area contributed by atoms with Crippen molar-refractivity contribution in [1.82, 2.24) is 14.7 Å². The standard InChI is InChI=1S/C17H26ClN3O2/c1-11(2)9-21-17(18)14(13(4)19-21)5-6-16(23)20-8-7-12(3)15(22)10-20/h5-6,11-12,15,22H,7-10H2,1-4H3/b6-5+. The number of aliphatic hydroxyl groups is 1. The fraction of sp³-hybridized carbons (Fsp3) is 0.647. The number of aryl methyl sites for hydroxylation is 1. The van der Waals surface area contributed by atoms with Gasteiger partial charge in [0.1, 0.15) is 5.15 Å². The highest BCUT2D eigenvalue weighted by atomic mass is 35.5. The molecule has 2 rings (SSSR count). The van der Waals surface area contributed by atoms with Gasteiger partial charge in [-0.2, -0.15) is 5.10 Å². The normalized spacial score (nSPS) is 22.3. The van der Waals surface area contributed by atoms with Gasteiger partial charge in [0.05, 0.1) is 11.8 Å². The van der Waals surface area contributed by atoms with E-state index in [0.29, 0.717) is 24.2 Å². The van der Waals surface area contributed by atoms with Crippen molar-refractivity contribution in [3.63, 3.8) is 0 Å². The molecular formula is C17H26ClN3O2. The molecule has 5 nitrogen and oxygen atoms in total. The number of aromatic nitrogens is 2. The molecule has 1 N–H and O–H groups in total. The number of likely N-dealkylation sites (tertiary alicyclic amines) is 1. The van der Waals surface area contributed by atoms with Crippen molar-refractivity contribution in [2.24, 2.45) is 11.8 Å². The fourth-order valence-corrected chi connectivity index (χ4v) is 3.04. The quantitative estimate of drug-likeness (QED) is 0.858. The molecule has 0 saturated carbocycles. The molecular weight excluding hydrogens is 314 g/mol. The van der Waals surface area contributed by atoms with Gasteiger partial charge in [0, 0.05) is 31.3 Å². The first-order valence-corrected chi connectivity index (χ1v) is 8.55. The molecule has 0 radical (unpaired) electrons. The Labute approximate surface area is 142 Å². The Hall–Kier alpha value is -1.33. The van der Waals surface area contributed by atoms with Crippen LogP contribution in [-0.2, 0) is 11.3 Å². The van der Waals surface area contributed by atoms with E-state index in [-0.39, 0.29) is 11.8 Å². The summed E-state index contributed by atoms with van der Waals surface area (Å²) < 4.78 is 1.78. The first-order chi connectivity index (χ1) is 10.8. The van der Waals surface area contributed by atoms with Crippen LogP contribution < -0.4 is 0 Å². The van der Waals surface area contributed by atoms with E-state index < -0.39 is 6.10 Å². The number of β-amino-alcohol motifs (C(OH)–C–C–N with tert-alkyl or cyclic N) is 1. The minimum absolute atomic E-state index is 0.0944. The maximum atomic E-state index is 12.3. The summed E-state index contributed by atoms with van der Waals surface area (Å²) >= 11 is 6.37. The van der Waals surface area contributed by atoms with Crippen molar-refractivity contribution in [3.05, 3.63) is 22.5 Å². The highest BCUT2D eigenvalue weighted by Gasteiger charge is 2.26. The van der Waals surface area contributed by atoms with Crippen LogP contribution in [0.3, 0.4) is 0 Å². The van der Waals surface area contributed by atoms with Gasteiger partial charge in [-0.1, -0.05) is 32.4 Å². The molecule has 2 unspecified atom stereocenters. The number of carbonyl (C=O) groups excluding carboxylic acids is 1. The van der Waals surface area contributed by atoms with E-state index in [1.807, 2.05) is 13.8 Å². The van der Waals surface area contributed by atoms with Crippen LogP contribution in [0, 0.1) is 18.8 Å². The van der Waals surface area contributed by atoms with E-state index in [9.17, 15) is 9.90 Å². The number of aliphatic hydroxyl groups excluding tert-OH is 1. The van der Waals surface area contributed by atoms with Gasteiger partial charge in [0.25, 0.3) is 0 Å². The Morgan fingerprint density at radius 2 is 2.22 bits per heavy atom. The molecule has 6 heteroatoms. The van der Waals surface area contributed by atoms with Crippen molar-refractivity contribution in [2.75, 3.05) is 13.1 Å². The SMILES string of the molecule is Cc1nn(CC(C)C)c(Cl)c1/C=C/C(=O)N1CCC(C)C(O)C1. The summed E-state index contributed by atoms with van der Waals surface area (Å²) in [5.41, 5.74) is 1.60. The van der Waals surface area contributed by atoms with Crippen LogP contribution in [0.2, 0.25) is 5.15 Å². The molecule has 1 amide bonds. The third-order valence-electron chi connectivity index (χ3n) is 4.27. The molecule has 0 spiro atoms. The van der Waals surface area contributed by atoms with Crippen LogP contribution in [0.5, 0.6) is 0 Å². The number of carbonyl (C=O) groups is 1. The van der Waals surface area contributed by atoms with E-state index in [0.717, 1.165) is 24.2 Å². The van der Waals surface area contributed by atoms with Crippen LogP contribution in [0.1, 0.15) is 38.4 Å². The number of hydrogen-bond donors (Lipinski definition) is 1. The summed E-state index contributed by atoms with van der Waals surface area (Å²) in [4.78, 5) is 14.0. The minimum Gasteiger partial charge on any atom is -0.391 e. The van der Waals surface area contributed by atoms with E-state index in [4.69, 9.17) is 11.6 Å². The average molecular weight is 340 g/mol. The number of halogens is 1. The van der Waals surface area contributed by atoms with Crippen LogP contribution >= 0.6 is 11.6 Å². The molecule has 1 fully saturated rings. The number of amides is 1. The molecule has 2 atom stereocenters. The van der Waals surface area contributed by atoms with Crippen molar-refractivity contribution < 1.29 is 9.90 Å². The first-order valence-electron chi connectivity index (χ1n) is 8.17. The van der Waals surface area contributed by atoms with Crippen molar-refractivity contribution in [2.45, 2.75) is 46.8 Å². The van der Waals surface area contributed by atoms with E-state index >= 15 is 0 Å². The maximum absolute atomic E-state index is 12.3. The van der Waals surface area contributed by atoms with Crippen LogP contribution in [0.25, 0.3) is 6.08 Å². The third-order valence-corrected chi connectivity index (χ3v) is 4.67. The van der Waals surface area contributed by atoms with E-state index in [1.54, 1.807) is 15.7 Å². The molecule has 1 aliphatic heterocycles. The average Bonchev–Trinajstić information content (AvgIpc) is 2.73. The second-order valence-electron chi connectivity index (χ2n) is 6.82. The summed E-state index contributed by atoms with van der Waals surface area (Å²) in [5.74, 6) is 0.596. The van der Waals surface area contributed by atoms with Gasteiger partial charge in [0.2, 0.25) is 5.91 Å². The second-order valence-corrected chi connectivity index (χ2v) is 7.17. The predicted octanol–water partition coefficient (Wildman–Crippen LogP) is 2.74. The Bertz CT molecular complexity index is 595. The second kappa shape index (κ2) is 7.49. The molecule has 1 saturated heterocycles. The highest BCUT2D eigenvalue weighted by molar-refractivity contribution is 6.31. The molecule has 1 aromatic heterocycles. The lowest BCUT2D eigenvalue weighted by molar-refractivity contribution is -0.130. The summed E-state index contributed by atoms with van der Waals surface area (Å²) in [7, 11) is 0. The zero-order chi connectivity index (χ0) is 17.1. The Morgan fingerprint density at radius 3 is 2.83 bits per heavy atom. The van der Waals surface area contributed by atoms with Crippen molar-refractivity contribution in [3.8, 4) is 0 Å². The van der Waals surface area contributed by atoms with Gasteiger partial charge in [-0.3, -0.25) is 9.48 Å². The summed E-state index contributed by atoms with van der Waals surface area (Å²) in [6.07, 6.45) is 3.64. The lowest BCUT2D eigenvalue weighted by atomic mass is 9.96. The third kappa shape index (κ3) is 4.36. The Morgan fingerprint density at radius 1 is 1.52 bits per heavy atom. The van der Waals surface area contributed by atoms with E-state index in [1.165, 1.54) is 6.08 Å². The Balaban J connectivity index is 2.08. The van der Waals surface area contributed by atoms with Gasteiger partial charge in [-0.15, -0.1) is 0 Å². The molecule has 128 valence electrons. The number of piperidine rings is 1. The summed E-state index contributed by atoms with van der Waals surface area (Å²) in [6, 6.07) is 0. The Kier molecular flexibility index (Phi) is 5.87. The topological polar surface area (TPSA) is 58.4 Å². The lowest BCUT2D eigenvalue weighted by Gasteiger charge is -2.33. The molecule has 0 aliphatic carbocycles. The van der Waals surface area contributed by atoms with Crippen molar-refractivity contribution in [1.29, 1.82) is 0 Å².